The molecular formula is C11H23N3O2. The zero-order valence-electron chi connectivity index (χ0n) is 10.5. The van der Waals surface area contributed by atoms with E-state index in [9.17, 15) is 4.79 Å². The van der Waals surface area contributed by atoms with E-state index in [0.29, 0.717) is 12.4 Å². The molecule has 5 nitrogen and oxygen atoms in total. The second-order valence-electron chi connectivity index (χ2n) is 3.38. The van der Waals surface area contributed by atoms with Gasteiger partial charge in [-0.15, -0.1) is 0 Å². The molecule has 0 fully saturated rings. The highest BCUT2D eigenvalue weighted by Crippen LogP contribution is 2.06. The molecule has 0 saturated carbocycles. The summed E-state index contributed by atoms with van der Waals surface area (Å²) in [6, 6.07) is 0. The Morgan fingerprint density at radius 2 is 1.94 bits per heavy atom. The Balaban J connectivity index is 0. The highest BCUT2D eigenvalue weighted by atomic mass is 16.4. The molecule has 1 unspecified atom stereocenters. The largest absolute Gasteiger partial charge is 0.480 e. The number of carbonyl (C=O) groups is 1. The normalized spacial score (nSPS) is 15.2. The van der Waals surface area contributed by atoms with Crippen LogP contribution < -0.4 is 11.5 Å². The highest BCUT2D eigenvalue weighted by molar-refractivity contribution is 5.78. The van der Waals surface area contributed by atoms with Gasteiger partial charge in [-0.05, 0) is 20.3 Å². The minimum Gasteiger partial charge on any atom is -0.480 e. The van der Waals surface area contributed by atoms with Crippen LogP contribution in [-0.2, 0) is 4.79 Å². The second kappa shape index (κ2) is 8.91. The summed E-state index contributed by atoms with van der Waals surface area (Å²) in [5.74, 6) is -0.510. The minimum absolute atomic E-state index is 0.279. The number of nitrogens with two attached hydrogens (primary N) is 2. The van der Waals surface area contributed by atoms with E-state index in [1.807, 2.05) is 13.8 Å². The molecule has 5 N–H and O–H groups in total. The van der Waals surface area contributed by atoms with Crippen molar-refractivity contribution in [2.24, 2.45) is 16.5 Å². The van der Waals surface area contributed by atoms with E-state index < -0.39 is 11.5 Å². The number of aliphatic imine (C=N–C) groups is 1. The average molecular weight is 229 g/mol. The van der Waals surface area contributed by atoms with Crippen LogP contribution in [0.2, 0.25) is 0 Å². The first-order valence-corrected chi connectivity index (χ1v) is 5.30. The first kappa shape index (κ1) is 17.0. The van der Waals surface area contributed by atoms with Crippen LogP contribution in [0.3, 0.4) is 0 Å². The standard InChI is InChI=1S/C9H17N3O2.C2H6/c1-7(10)12-6-4-3-5-9(2,11)8(13)14;1-2/h3-4H,5-6,11H2,1-2H3,(H2,10,12)(H,13,14);1-2H3/b4-3-;. The summed E-state index contributed by atoms with van der Waals surface area (Å²) in [5, 5.41) is 8.68. The van der Waals surface area contributed by atoms with E-state index in [2.05, 4.69) is 4.99 Å². The predicted octanol–water partition coefficient (Wildman–Crippen LogP) is 1.14. The molecule has 0 amide bonds. The van der Waals surface area contributed by atoms with Gasteiger partial charge in [-0.1, -0.05) is 26.0 Å². The zero-order chi connectivity index (χ0) is 13.2. The summed E-state index contributed by atoms with van der Waals surface area (Å²) in [6.07, 6.45) is 3.71. The Labute approximate surface area is 97.2 Å². The number of hydrogen-bond acceptors (Lipinski definition) is 3. The number of carboxylic acid groups (broad SMARTS) is 1. The Bertz CT molecular complexity index is 254. The molecule has 0 aromatic carbocycles. The maximum absolute atomic E-state index is 10.6. The SMILES string of the molecule is CC.CC(N)=NC/C=C\CC(C)(N)C(=O)O. The van der Waals surface area contributed by atoms with E-state index >= 15 is 0 Å². The first-order chi connectivity index (χ1) is 7.36. The molecule has 0 spiro atoms. The molecule has 5 heteroatoms. The van der Waals surface area contributed by atoms with Crippen molar-refractivity contribution < 1.29 is 9.90 Å². The summed E-state index contributed by atoms with van der Waals surface area (Å²) >= 11 is 0. The van der Waals surface area contributed by atoms with E-state index in [4.69, 9.17) is 16.6 Å². The number of rotatable bonds is 5. The molecule has 94 valence electrons. The van der Waals surface area contributed by atoms with Crippen molar-refractivity contribution in [3.63, 3.8) is 0 Å². The smallest absolute Gasteiger partial charge is 0.323 e. The predicted molar refractivity (Wildman–Crippen MR) is 67.5 cm³/mol. The lowest BCUT2D eigenvalue weighted by Gasteiger charge is -2.15. The van der Waals surface area contributed by atoms with Gasteiger partial charge in [0.2, 0.25) is 0 Å². The molecule has 0 radical (unpaired) electrons. The molecule has 16 heavy (non-hydrogen) atoms. The van der Waals surface area contributed by atoms with E-state index in [-0.39, 0.29) is 6.42 Å². The number of aliphatic carboxylic acids is 1. The summed E-state index contributed by atoms with van der Waals surface area (Å²) in [5.41, 5.74) is 9.59. The van der Waals surface area contributed by atoms with Crippen LogP contribution in [0.5, 0.6) is 0 Å². The van der Waals surface area contributed by atoms with Gasteiger partial charge in [0, 0.05) is 0 Å². The first-order valence-electron chi connectivity index (χ1n) is 5.30. The van der Waals surface area contributed by atoms with Crippen molar-refractivity contribution in [3.05, 3.63) is 12.2 Å². The van der Waals surface area contributed by atoms with Gasteiger partial charge >= 0.3 is 5.97 Å². The molecule has 0 aromatic rings. The number of hydrogen-bond donors (Lipinski definition) is 3. The molecule has 0 aliphatic rings. The highest BCUT2D eigenvalue weighted by Gasteiger charge is 2.25. The third-order valence-corrected chi connectivity index (χ3v) is 1.64. The van der Waals surface area contributed by atoms with Gasteiger partial charge in [0.25, 0.3) is 0 Å². The van der Waals surface area contributed by atoms with Gasteiger partial charge in [0.15, 0.2) is 0 Å². The molecule has 0 aliphatic heterocycles. The Morgan fingerprint density at radius 3 is 2.31 bits per heavy atom. The van der Waals surface area contributed by atoms with Crippen molar-refractivity contribution in [3.8, 4) is 0 Å². The van der Waals surface area contributed by atoms with E-state index in [0.717, 1.165) is 0 Å². The molecule has 0 bridgehead atoms. The zero-order valence-corrected chi connectivity index (χ0v) is 10.5. The molecule has 0 aliphatic carbocycles. The second-order valence-corrected chi connectivity index (χ2v) is 3.38. The van der Waals surface area contributed by atoms with Crippen LogP contribution in [0.15, 0.2) is 17.1 Å². The van der Waals surface area contributed by atoms with Crippen molar-refractivity contribution in [2.75, 3.05) is 6.54 Å². The van der Waals surface area contributed by atoms with Gasteiger partial charge < -0.3 is 16.6 Å². The topological polar surface area (TPSA) is 102 Å². The van der Waals surface area contributed by atoms with Crippen molar-refractivity contribution >= 4 is 11.8 Å². The summed E-state index contributed by atoms with van der Waals surface area (Å²) in [6.45, 7) is 7.62. The Morgan fingerprint density at radius 1 is 1.44 bits per heavy atom. The average Bonchev–Trinajstić information content (AvgIpc) is 2.19. The third kappa shape index (κ3) is 9.21. The van der Waals surface area contributed by atoms with Crippen LogP contribution in [0.25, 0.3) is 0 Å². The lowest BCUT2D eigenvalue weighted by atomic mass is 10.00. The molecule has 1 atom stereocenters. The van der Waals surface area contributed by atoms with Gasteiger partial charge in [0.1, 0.15) is 5.54 Å². The lowest BCUT2D eigenvalue weighted by molar-refractivity contribution is -0.142. The lowest BCUT2D eigenvalue weighted by Crippen LogP contribution is -2.44. The fourth-order valence-corrected chi connectivity index (χ4v) is 0.687. The maximum atomic E-state index is 10.6. The minimum atomic E-state index is -1.21. The fourth-order valence-electron chi connectivity index (χ4n) is 0.687. The quantitative estimate of drug-likeness (QED) is 0.373. The van der Waals surface area contributed by atoms with Crippen LogP contribution in [0.4, 0.5) is 0 Å². The molecule has 0 heterocycles. The Hall–Kier alpha value is -1.36. The van der Waals surface area contributed by atoms with Crippen molar-refractivity contribution in [2.45, 2.75) is 39.7 Å². The van der Waals surface area contributed by atoms with E-state index in [1.54, 1.807) is 19.1 Å². The summed E-state index contributed by atoms with van der Waals surface area (Å²) < 4.78 is 0. The van der Waals surface area contributed by atoms with Gasteiger partial charge in [-0.25, -0.2) is 0 Å². The molecule has 0 aromatic heterocycles. The fraction of sp³-hybridized carbons (Fsp3) is 0.636. The van der Waals surface area contributed by atoms with Crippen LogP contribution in [0.1, 0.15) is 34.1 Å². The van der Waals surface area contributed by atoms with Gasteiger partial charge in [-0.2, -0.15) is 0 Å². The van der Waals surface area contributed by atoms with Gasteiger partial charge in [0.05, 0.1) is 12.4 Å². The number of nitrogens with zero attached hydrogens (tertiary/aromatic N) is 1. The number of carboxylic acids is 1. The van der Waals surface area contributed by atoms with Crippen LogP contribution in [-0.4, -0.2) is 29.0 Å². The summed E-state index contributed by atoms with van der Waals surface area (Å²) in [4.78, 5) is 14.5. The van der Waals surface area contributed by atoms with Crippen LogP contribution >= 0.6 is 0 Å². The number of amidine groups is 1. The van der Waals surface area contributed by atoms with Crippen molar-refractivity contribution in [1.29, 1.82) is 0 Å². The van der Waals surface area contributed by atoms with Crippen LogP contribution in [0, 0.1) is 0 Å². The molecule has 0 rings (SSSR count). The van der Waals surface area contributed by atoms with E-state index in [1.165, 1.54) is 6.92 Å². The van der Waals surface area contributed by atoms with Crippen molar-refractivity contribution in [1.82, 2.24) is 0 Å². The Kier molecular flexibility index (Phi) is 9.49. The van der Waals surface area contributed by atoms with Gasteiger partial charge in [-0.3, -0.25) is 9.79 Å². The molecular weight excluding hydrogens is 206 g/mol. The molecule has 0 saturated heterocycles. The maximum Gasteiger partial charge on any atom is 0.323 e. The monoisotopic (exact) mass is 229 g/mol. The third-order valence-electron chi connectivity index (χ3n) is 1.64. The summed E-state index contributed by atoms with van der Waals surface area (Å²) in [7, 11) is 0.